The van der Waals surface area contributed by atoms with E-state index in [0.29, 0.717) is 0 Å². The first-order valence-corrected chi connectivity index (χ1v) is 6.09. The maximum Gasteiger partial charge on any atom is -0.00216 e. The van der Waals surface area contributed by atoms with Crippen molar-refractivity contribution >= 4 is 0 Å². The number of hydrogen-bond donors (Lipinski definition) is 1. The Hall–Kier alpha value is -0.0800. The topological polar surface area (TPSA) is 29.3 Å². The van der Waals surface area contributed by atoms with Crippen LogP contribution in [0.25, 0.3) is 0 Å². The predicted molar refractivity (Wildman–Crippen MR) is 62.3 cm³/mol. The zero-order chi connectivity index (χ0) is 10.4. The smallest absolute Gasteiger partial charge is 0.00216 e. The Morgan fingerprint density at radius 1 is 1.21 bits per heavy atom. The summed E-state index contributed by atoms with van der Waals surface area (Å²) in [7, 11) is 4.29. The Morgan fingerprint density at radius 3 is 2.36 bits per heavy atom. The standard InChI is InChI=1S/C12H26N2/c1-14(2)9-8-12(10-13)11-6-4-3-5-7-11/h11-12H,3-10,13H2,1-2H3. The summed E-state index contributed by atoms with van der Waals surface area (Å²) in [6.45, 7) is 2.08. The molecule has 0 bridgehead atoms. The molecule has 1 rings (SSSR count). The van der Waals surface area contributed by atoms with E-state index < -0.39 is 0 Å². The van der Waals surface area contributed by atoms with Crippen LogP contribution in [0.4, 0.5) is 0 Å². The number of hydrogen-bond acceptors (Lipinski definition) is 2. The van der Waals surface area contributed by atoms with Crippen molar-refractivity contribution in [2.45, 2.75) is 38.5 Å². The Labute approximate surface area is 88.8 Å². The van der Waals surface area contributed by atoms with Crippen molar-refractivity contribution in [3.8, 4) is 0 Å². The molecule has 1 unspecified atom stereocenters. The minimum absolute atomic E-state index is 0.776. The molecular weight excluding hydrogens is 172 g/mol. The Kier molecular flexibility index (Phi) is 5.49. The van der Waals surface area contributed by atoms with Crippen LogP contribution in [0.15, 0.2) is 0 Å². The lowest BCUT2D eigenvalue weighted by Crippen LogP contribution is -2.28. The van der Waals surface area contributed by atoms with Crippen LogP contribution in [-0.2, 0) is 0 Å². The average molecular weight is 198 g/mol. The van der Waals surface area contributed by atoms with Crippen molar-refractivity contribution in [3.05, 3.63) is 0 Å². The van der Waals surface area contributed by atoms with Gasteiger partial charge in [0.05, 0.1) is 0 Å². The van der Waals surface area contributed by atoms with Crippen molar-refractivity contribution in [2.24, 2.45) is 17.6 Å². The zero-order valence-electron chi connectivity index (χ0n) is 9.84. The fourth-order valence-corrected chi connectivity index (χ4v) is 2.58. The first kappa shape index (κ1) is 12.0. The minimum Gasteiger partial charge on any atom is -0.330 e. The highest BCUT2D eigenvalue weighted by Crippen LogP contribution is 2.31. The van der Waals surface area contributed by atoms with Gasteiger partial charge in [-0.05, 0) is 45.4 Å². The lowest BCUT2D eigenvalue weighted by Gasteiger charge is -2.30. The van der Waals surface area contributed by atoms with Crippen LogP contribution < -0.4 is 5.73 Å². The highest BCUT2D eigenvalue weighted by Gasteiger charge is 2.22. The molecule has 0 heterocycles. The molecule has 2 heteroatoms. The van der Waals surface area contributed by atoms with Crippen LogP contribution >= 0.6 is 0 Å². The van der Waals surface area contributed by atoms with Crippen molar-refractivity contribution in [2.75, 3.05) is 27.2 Å². The van der Waals surface area contributed by atoms with Gasteiger partial charge in [0.15, 0.2) is 0 Å². The molecule has 1 aliphatic carbocycles. The van der Waals surface area contributed by atoms with Gasteiger partial charge in [-0.1, -0.05) is 32.1 Å². The maximum atomic E-state index is 5.87. The summed E-state index contributed by atoms with van der Waals surface area (Å²) >= 11 is 0. The van der Waals surface area contributed by atoms with Crippen molar-refractivity contribution in [1.82, 2.24) is 4.90 Å². The Morgan fingerprint density at radius 2 is 1.86 bits per heavy atom. The van der Waals surface area contributed by atoms with Crippen molar-refractivity contribution in [1.29, 1.82) is 0 Å². The van der Waals surface area contributed by atoms with Crippen LogP contribution in [0, 0.1) is 11.8 Å². The Bertz CT molecular complexity index is 139. The molecule has 0 saturated heterocycles. The fraction of sp³-hybridized carbons (Fsp3) is 1.00. The summed E-state index contributed by atoms with van der Waals surface area (Å²) in [5.74, 6) is 1.70. The predicted octanol–water partition coefficient (Wildman–Crippen LogP) is 2.09. The zero-order valence-corrected chi connectivity index (χ0v) is 9.84. The van der Waals surface area contributed by atoms with E-state index in [1.807, 2.05) is 0 Å². The first-order valence-electron chi connectivity index (χ1n) is 6.09. The van der Waals surface area contributed by atoms with E-state index in [9.17, 15) is 0 Å². The van der Waals surface area contributed by atoms with Gasteiger partial charge in [-0.15, -0.1) is 0 Å². The summed E-state index contributed by atoms with van der Waals surface area (Å²) in [6, 6.07) is 0. The molecule has 14 heavy (non-hydrogen) atoms. The third kappa shape index (κ3) is 3.97. The van der Waals surface area contributed by atoms with E-state index in [4.69, 9.17) is 5.73 Å². The summed E-state index contributed by atoms with van der Waals surface area (Å²) in [4.78, 5) is 2.27. The molecule has 0 aliphatic heterocycles. The molecule has 0 aromatic heterocycles. The molecule has 2 N–H and O–H groups in total. The molecule has 0 amide bonds. The van der Waals surface area contributed by atoms with Gasteiger partial charge in [0.1, 0.15) is 0 Å². The van der Waals surface area contributed by atoms with E-state index >= 15 is 0 Å². The van der Waals surface area contributed by atoms with Gasteiger partial charge in [0.2, 0.25) is 0 Å². The highest BCUT2D eigenvalue weighted by atomic mass is 15.0. The Balaban J connectivity index is 2.28. The van der Waals surface area contributed by atoms with Crippen LogP contribution in [0.5, 0.6) is 0 Å². The summed E-state index contributed by atoms with van der Waals surface area (Å²) in [5, 5.41) is 0. The lowest BCUT2D eigenvalue weighted by molar-refractivity contribution is 0.223. The van der Waals surface area contributed by atoms with Gasteiger partial charge in [-0.25, -0.2) is 0 Å². The van der Waals surface area contributed by atoms with Gasteiger partial charge in [0, 0.05) is 0 Å². The molecule has 2 nitrogen and oxygen atoms in total. The molecule has 1 saturated carbocycles. The summed E-state index contributed by atoms with van der Waals surface area (Å²) < 4.78 is 0. The second kappa shape index (κ2) is 6.41. The van der Waals surface area contributed by atoms with Gasteiger partial charge >= 0.3 is 0 Å². The van der Waals surface area contributed by atoms with Gasteiger partial charge in [-0.2, -0.15) is 0 Å². The van der Waals surface area contributed by atoms with Crippen LogP contribution in [-0.4, -0.2) is 32.1 Å². The molecule has 0 aromatic carbocycles. The highest BCUT2D eigenvalue weighted by molar-refractivity contribution is 4.75. The molecular formula is C12H26N2. The van der Waals surface area contributed by atoms with Crippen molar-refractivity contribution < 1.29 is 0 Å². The summed E-state index contributed by atoms with van der Waals surface area (Å²) in [5.41, 5.74) is 5.87. The van der Waals surface area contributed by atoms with Crippen molar-refractivity contribution in [3.63, 3.8) is 0 Å². The summed E-state index contributed by atoms with van der Waals surface area (Å²) in [6.07, 6.45) is 8.45. The van der Waals surface area contributed by atoms with Crippen LogP contribution in [0.3, 0.4) is 0 Å². The lowest BCUT2D eigenvalue weighted by atomic mass is 9.78. The van der Waals surface area contributed by atoms with Gasteiger partial charge < -0.3 is 10.6 Å². The van der Waals surface area contributed by atoms with E-state index in [0.717, 1.165) is 18.4 Å². The molecule has 1 fully saturated rings. The number of nitrogens with two attached hydrogens (primary N) is 1. The average Bonchev–Trinajstić information content (AvgIpc) is 2.20. The quantitative estimate of drug-likeness (QED) is 0.733. The molecule has 0 radical (unpaired) electrons. The van der Waals surface area contributed by atoms with E-state index in [1.54, 1.807) is 0 Å². The van der Waals surface area contributed by atoms with Gasteiger partial charge in [-0.3, -0.25) is 0 Å². The largest absolute Gasteiger partial charge is 0.330 e. The normalized spacial score (nSPS) is 21.4. The number of nitrogens with zero attached hydrogens (tertiary/aromatic N) is 1. The van der Waals surface area contributed by atoms with Crippen LogP contribution in [0.1, 0.15) is 38.5 Å². The van der Waals surface area contributed by atoms with Gasteiger partial charge in [0.25, 0.3) is 0 Å². The molecule has 0 spiro atoms. The SMILES string of the molecule is CN(C)CCC(CN)C1CCCCC1. The third-order valence-corrected chi connectivity index (χ3v) is 3.57. The van der Waals surface area contributed by atoms with E-state index in [2.05, 4.69) is 19.0 Å². The fourth-order valence-electron chi connectivity index (χ4n) is 2.58. The van der Waals surface area contributed by atoms with E-state index in [1.165, 1.54) is 45.1 Å². The second-order valence-electron chi connectivity index (χ2n) is 4.99. The number of rotatable bonds is 5. The first-order chi connectivity index (χ1) is 6.74. The van der Waals surface area contributed by atoms with Crippen LogP contribution in [0.2, 0.25) is 0 Å². The molecule has 1 atom stereocenters. The molecule has 84 valence electrons. The molecule has 0 aromatic rings. The minimum atomic E-state index is 0.776. The third-order valence-electron chi connectivity index (χ3n) is 3.57. The van der Waals surface area contributed by atoms with E-state index in [-0.39, 0.29) is 0 Å². The monoisotopic (exact) mass is 198 g/mol. The maximum absolute atomic E-state index is 5.87. The second-order valence-corrected chi connectivity index (χ2v) is 4.99. The molecule has 1 aliphatic rings.